The lowest BCUT2D eigenvalue weighted by Crippen LogP contribution is -2.36. The van der Waals surface area contributed by atoms with Crippen LogP contribution in [0.25, 0.3) is 0 Å². The summed E-state index contributed by atoms with van der Waals surface area (Å²) in [6.07, 6.45) is 3.02. The number of benzene rings is 2. The van der Waals surface area contributed by atoms with Gasteiger partial charge in [-0.2, -0.15) is 0 Å². The molecular weight excluding hydrogens is 368 g/mol. The fraction of sp³-hybridized carbons (Fsp3) is 0.435. The first-order valence-electron chi connectivity index (χ1n) is 10.3. The van der Waals surface area contributed by atoms with Crippen LogP contribution in [-0.4, -0.2) is 44.2 Å². The molecule has 2 aromatic carbocycles. The van der Waals surface area contributed by atoms with Gasteiger partial charge in [-0.15, -0.1) is 0 Å². The maximum Gasteiger partial charge on any atom is 0.234 e. The number of nitrogens with zero attached hydrogens (tertiary/aromatic N) is 1. The molecule has 0 radical (unpaired) electrons. The molecular formula is C23H28N2O4. The van der Waals surface area contributed by atoms with Crippen molar-refractivity contribution in [1.29, 1.82) is 0 Å². The monoisotopic (exact) mass is 396 g/mol. The number of para-hydroxylation sites is 1. The van der Waals surface area contributed by atoms with E-state index >= 15 is 0 Å². The van der Waals surface area contributed by atoms with Gasteiger partial charge in [0.2, 0.25) is 5.91 Å². The van der Waals surface area contributed by atoms with Gasteiger partial charge in [-0.05, 0) is 43.1 Å². The molecule has 0 aromatic heterocycles. The summed E-state index contributed by atoms with van der Waals surface area (Å²) in [6.45, 7) is 3.13. The van der Waals surface area contributed by atoms with Gasteiger partial charge in [0, 0.05) is 24.6 Å². The molecule has 1 N–H and O–H groups in total. The van der Waals surface area contributed by atoms with Crippen LogP contribution in [0.2, 0.25) is 0 Å². The standard InChI is InChI=1S/C23H28N2O4/c1-27-20-8-3-2-6-18(20)15-24-23(26)16-25-11-4-7-19(25)17-9-10-21-22(14-17)29-13-5-12-28-21/h2-3,6,8-10,14,19H,4-5,7,11-13,15-16H2,1H3,(H,24,26)/t19-/m1/s1. The van der Waals surface area contributed by atoms with Crippen molar-refractivity contribution in [3.05, 3.63) is 53.6 Å². The molecule has 0 unspecified atom stereocenters. The Bertz CT molecular complexity index is 855. The van der Waals surface area contributed by atoms with Gasteiger partial charge in [0.15, 0.2) is 11.5 Å². The average Bonchev–Trinajstić information content (AvgIpc) is 3.07. The van der Waals surface area contributed by atoms with Crippen LogP contribution in [-0.2, 0) is 11.3 Å². The smallest absolute Gasteiger partial charge is 0.234 e. The van der Waals surface area contributed by atoms with Gasteiger partial charge >= 0.3 is 0 Å². The summed E-state index contributed by atoms with van der Waals surface area (Å²) >= 11 is 0. The van der Waals surface area contributed by atoms with E-state index in [1.54, 1.807) is 7.11 Å². The van der Waals surface area contributed by atoms with E-state index in [0.717, 1.165) is 48.6 Å². The molecule has 0 bridgehead atoms. The minimum atomic E-state index is 0.0251. The number of likely N-dealkylation sites (tertiary alicyclic amines) is 1. The van der Waals surface area contributed by atoms with Crippen molar-refractivity contribution in [3.8, 4) is 17.2 Å². The van der Waals surface area contributed by atoms with Crippen molar-refractivity contribution < 1.29 is 19.0 Å². The fourth-order valence-corrected chi connectivity index (χ4v) is 4.06. The first-order valence-corrected chi connectivity index (χ1v) is 10.3. The number of hydrogen-bond donors (Lipinski definition) is 1. The third kappa shape index (κ3) is 4.65. The molecule has 154 valence electrons. The second-order valence-corrected chi connectivity index (χ2v) is 7.47. The normalized spacial score (nSPS) is 18.9. The zero-order valence-electron chi connectivity index (χ0n) is 16.9. The average molecular weight is 396 g/mol. The van der Waals surface area contributed by atoms with Crippen LogP contribution in [0.15, 0.2) is 42.5 Å². The van der Waals surface area contributed by atoms with E-state index in [9.17, 15) is 4.79 Å². The molecule has 4 rings (SSSR count). The number of ether oxygens (including phenoxy) is 3. The topological polar surface area (TPSA) is 60.0 Å². The molecule has 6 nitrogen and oxygen atoms in total. The molecule has 0 spiro atoms. The third-order valence-electron chi connectivity index (χ3n) is 5.54. The first kappa shape index (κ1) is 19.6. The van der Waals surface area contributed by atoms with E-state index in [-0.39, 0.29) is 11.9 Å². The summed E-state index contributed by atoms with van der Waals surface area (Å²) in [5.74, 6) is 2.44. The van der Waals surface area contributed by atoms with Gasteiger partial charge in [-0.25, -0.2) is 0 Å². The number of amides is 1. The SMILES string of the molecule is COc1ccccc1CNC(=O)CN1CCC[C@@H]1c1ccc2c(c1)OCCCO2. The number of hydrogen-bond acceptors (Lipinski definition) is 5. The van der Waals surface area contributed by atoms with Gasteiger partial charge in [0.05, 0.1) is 26.9 Å². The van der Waals surface area contributed by atoms with Gasteiger partial charge in [0.1, 0.15) is 5.75 Å². The number of methoxy groups -OCH3 is 1. The largest absolute Gasteiger partial charge is 0.496 e. The van der Waals surface area contributed by atoms with Crippen LogP contribution < -0.4 is 19.5 Å². The lowest BCUT2D eigenvalue weighted by molar-refractivity contribution is -0.122. The molecule has 29 heavy (non-hydrogen) atoms. The number of carbonyl (C=O) groups is 1. The number of carbonyl (C=O) groups excluding carboxylic acids is 1. The molecule has 2 aliphatic rings. The van der Waals surface area contributed by atoms with E-state index in [0.29, 0.717) is 26.3 Å². The Balaban J connectivity index is 1.38. The highest BCUT2D eigenvalue weighted by molar-refractivity contribution is 5.78. The lowest BCUT2D eigenvalue weighted by Gasteiger charge is -2.25. The van der Waals surface area contributed by atoms with Gasteiger partial charge in [-0.1, -0.05) is 24.3 Å². The van der Waals surface area contributed by atoms with Crippen molar-refractivity contribution in [1.82, 2.24) is 10.2 Å². The first-order chi connectivity index (χ1) is 14.2. The maximum atomic E-state index is 12.6. The minimum absolute atomic E-state index is 0.0251. The third-order valence-corrected chi connectivity index (χ3v) is 5.54. The van der Waals surface area contributed by atoms with E-state index < -0.39 is 0 Å². The Labute approximate surface area is 171 Å². The van der Waals surface area contributed by atoms with Crippen molar-refractivity contribution >= 4 is 5.91 Å². The van der Waals surface area contributed by atoms with Crippen LogP contribution in [0.5, 0.6) is 17.2 Å². The van der Waals surface area contributed by atoms with Crippen LogP contribution in [0.4, 0.5) is 0 Å². The van der Waals surface area contributed by atoms with Crippen molar-refractivity contribution in [2.75, 3.05) is 33.4 Å². The van der Waals surface area contributed by atoms with E-state index in [1.165, 1.54) is 5.56 Å². The Morgan fingerprint density at radius 2 is 1.97 bits per heavy atom. The summed E-state index contributed by atoms with van der Waals surface area (Å²) in [6, 6.07) is 14.1. The minimum Gasteiger partial charge on any atom is -0.496 e. The molecule has 2 aliphatic heterocycles. The van der Waals surface area contributed by atoms with Crippen molar-refractivity contribution in [2.45, 2.75) is 31.8 Å². The summed E-state index contributed by atoms with van der Waals surface area (Å²) in [4.78, 5) is 14.8. The van der Waals surface area contributed by atoms with Gasteiger partial charge in [0.25, 0.3) is 0 Å². The molecule has 2 heterocycles. The summed E-state index contributed by atoms with van der Waals surface area (Å²) in [7, 11) is 1.64. The van der Waals surface area contributed by atoms with E-state index in [2.05, 4.69) is 22.3 Å². The Morgan fingerprint density at radius 3 is 2.83 bits per heavy atom. The Morgan fingerprint density at radius 1 is 1.14 bits per heavy atom. The van der Waals surface area contributed by atoms with Crippen molar-refractivity contribution in [2.24, 2.45) is 0 Å². The van der Waals surface area contributed by atoms with Crippen LogP contribution >= 0.6 is 0 Å². The second-order valence-electron chi connectivity index (χ2n) is 7.47. The maximum absolute atomic E-state index is 12.6. The second kappa shape index (κ2) is 9.18. The lowest BCUT2D eigenvalue weighted by atomic mass is 10.0. The predicted molar refractivity (Wildman–Crippen MR) is 110 cm³/mol. The molecule has 0 aliphatic carbocycles. The summed E-state index contributed by atoms with van der Waals surface area (Å²) in [5, 5.41) is 3.03. The van der Waals surface area contributed by atoms with Crippen LogP contribution in [0.3, 0.4) is 0 Å². The highest BCUT2D eigenvalue weighted by Gasteiger charge is 2.28. The fourth-order valence-electron chi connectivity index (χ4n) is 4.06. The number of fused-ring (bicyclic) bond motifs is 1. The van der Waals surface area contributed by atoms with Gasteiger partial charge < -0.3 is 19.5 Å². The number of nitrogens with one attached hydrogen (secondary N) is 1. The molecule has 0 saturated carbocycles. The molecule has 2 aromatic rings. The molecule has 1 atom stereocenters. The van der Waals surface area contributed by atoms with E-state index in [1.807, 2.05) is 30.3 Å². The Kier molecular flexibility index (Phi) is 6.20. The van der Waals surface area contributed by atoms with Gasteiger partial charge in [-0.3, -0.25) is 9.69 Å². The zero-order valence-corrected chi connectivity index (χ0v) is 16.9. The molecule has 1 fully saturated rings. The van der Waals surface area contributed by atoms with Crippen molar-refractivity contribution in [3.63, 3.8) is 0 Å². The Hall–Kier alpha value is -2.73. The van der Waals surface area contributed by atoms with Crippen LogP contribution in [0, 0.1) is 0 Å². The quantitative estimate of drug-likeness (QED) is 0.812. The molecule has 1 amide bonds. The summed E-state index contributed by atoms with van der Waals surface area (Å²) in [5.41, 5.74) is 2.16. The molecule has 1 saturated heterocycles. The summed E-state index contributed by atoms with van der Waals surface area (Å²) < 4.78 is 16.9. The van der Waals surface area contributed by atoms with Crippen LogP contribution in [0.1, 0.15) is 36.4 Å². The zero-order chi connectivity index (χ0) is 20.1. The van der Waals surface area contributed by atoms with E-state index in [4.69, 9.17) is 14.2 Å². The highest BCUT2D eigenvalue weighted by Crippen LogP contribution is 2.37. The highest BCUT2D eigenvalue weighted by atomic mass is 16.5. The predicted octanol–water partition coefficient (Wildman–Crippen LogP) is 3.31. The number of rotatable bonds is 6. The molecule has 6 heteroatoms.